The second-order valence-corrected chi connectivity index (χ2v) is 9.04. The van der Waals surface area contributed by atoms with Crippen LogP contribution >= 0.6 is 0 Å². The number of anilines is 2. The van der Waals surface area contributed by atoms with Gasteiger partial charge in [0.15, 0.2) is 0 Å². The van der Waals surface area contributed by atoms with Gasteiger partial charge >= 0.3 is 11.8 Å². The summed E-state index contributed by atoms with van der Waals surface area (Å²) in [6, 6.07) is 12.2. The number of carbonyl (C=O) groups is 2. The normalized spacial score (nSPS) is 16.8. The van der Waals surface area contributed by atoms with E-state index in [0.717, 1.165) is 44.5 Å². The maximum Gasteiger partial charge on any atom is 0.313 e. The van der Waals surface area contributed by atoms with Crippen molar-refractivity contribution in [1.82, 2.24) is 10.2 Å². The molecule has 0 radical (unpaired) electrons. The van der Waals surface area contributed by atoms with Crippen LogP contribution in [0.4, 0.5) is 11.4 Å². The summed E-state index contributed by atoms with van der Waals surface area (Å²) < 4.78 is 5.30. The number of methoxy groups -OCH3 is 1. The van der Waals surface area contributed by atoms with Crippen LogP contribution in [0.2, 0.25) is 0 Å². The average Bonchev–Trinajstić information content (AvgIpc) is 3.20. The first kappa shape index (κ1) is 23.1. The van der Waals surface area contributed by atoms with E-state index in [9.17, 15) is 9.59 Å². The Morgan fingerprint density at radius 1 is 1.03 bits per heavy atom. The van der Waals surface area contributed by atoms with Crippen molar-refractivity contribution in [2.75, 3.05) is 50.6 Å². The van der Waals surface area contributed by atoms with E-state index in [-0.39, 0.29) is 6.04 Å². The highest BCUT2D eigenvalue weighted by molar-refractivity contribution is 6.39. The van der Waals surface area contributed by atoms with Gasteiger partial charge in [-0.2, -0.15) is 0 Å². The second-order valence-electron chi connectivity index (χ2n) is 9.04. The topological polar surface area (TPSA) is 73.9 Å². The molecule has 1 fully saturated rings. The molecule has 2 aromatic rings. The predicted molar refractivity (Wildman–Crippen MR) is 131 cm³/mol. The molecule has 0 aliphatic carbocycles. The second kappa shape index (κ2) is 10.3. The van der Waals surface area contributed by atoms with Crippen LogP contribution in [0.3, 0.4) is 0 Å². The Labute approximate surface area is 196 Å². The predicted octanol–water partition coefficient (Wildman–Crippen LogP) is 3.28. The number of hydrogen-bond acceptors (Lipinski definition) is 5. The van der Waals surface area contributed by atoms with Crippen molar-refractivity contribution < 1.29 is 14.3 Å². The Morgan fingerprint density at radius 3 is 2.58 bits per heavy atom. The molecule has 2 aliphatic rings. The van der Waals surface area contributed by atoms with Gasteiger partial charge in [-0.3, -0.25) is 14.5 Å². The highest BCUT2D eigenvalue weighted by Gasteiger charge is 2.26. The van der Waals surface area contributed by atoms with Gasteiger partial charge in [-0.1, -0.05) is 24.6 Å². The molecule has 7 nitrogen and oxygen atoms in total. The van der Waals surface area contributed by atoms with E-state index in [0.29, 0.717) is 18.0 Å². The van der Waals surface area contributed by atoms with Crippen LogP contribution in [0.1, 0.15) is 42.0 Å². The number of carbonyl (C=O) groups excluding carboxylic acids is 2. The molecule has 1 saturated heterocycles. The summed E-state index contributed by atoms with van der Waals surface area (Å²) in [5, 5.41) is 5.57. The average molecular weight is 451 g/mol. The van der Waals surface area contributed by atoms with Gasteiger partial charge in [0.1, 0.15) is 5.75 Å². The molecular weight excluding hydrogens is 416 g/mol. The molecule has 0 saturated carbocycles. The maximum atomic E-state index is 12.7. The molecule has 176 valence electrons. The van der Waals surface area contributed by atoms with Crippen molar-refractivity contribution in [3.8, 4) is 5.75 Å². The Kier molecular flexibility index (Phi) is 7.18. The maximum absolute atomic E-state index is 12.7. The number of likely N-dealkylation sites (N-methyl/N-ethyl adjacent to an activating group) is 1. The Morgan fingerprint density at radius 2 is 1.82 bits per heavy atom. The van der Waals surface area contributed by atoms with E-state index in [2.05, 4.69) is 45.7 Å². The van der Waals surface area contributed by atoms with Crippen molar-refractivity contribution in [2.24, 2.45) is 0 Å². The van der Waals surface area contributed by atoms with Gasteiger partial charge in [0.2, 0.25) is 0 Å². The molecule has 0 bridgehead atoms. The highest BCUT2D eigenvalue weighted by atomic mass is 16.5. The summed E-state index contributed by atoms with van der Waals surface area (Å²) in [5.41, 5.74) is 5.30. The van der Waals surface area contributed by atoms with E-state index >= 15 is 0 Å². The molecule has 2 heterocycles. The van der Waals surface area contributed by atoms with Gasteiger partial charge in [-0.05, 0) is 74.2 Å². The van der Waals surface area contributed by atoms with E-state index < -0.39 is 11.8 Å². The molecule has 0 unspecified atom stereocenters. The number of rotatable bonds is 6. The number of likely N-dealkylation sites (tertiary alicyclic amines) is 1. The Bertz CT molecular complexity index is 1020. The molecule has 4 rings (SSSR count). The first-order valence-electron chi connectivity index (χ1n) is 11.8. The molecule has 2 aromatic carbocycles. The lowest BCUT2D eigenvalue weighted by Gasteiger charge is -2.35. The summed E-state index contributed by atoms with van der Waals surface area (Å²) in [7, 11) is 3.66. The molecule has 1 atom stereocenters. The molecule has 33 heavy (non-hydrogen) atoms. The third-order valence-corrected chi connectivity index (χ3v) is 6.71. The van der Waals surface area contributed by atoms with E-state index in [1.54, 1.807) is 12.1 Å². The fourth-order valence-corrected chi connectivity index (χ4v) is 4.85. The smallest absolute Gasteiger partial charge is 0.313 e. The minimum absolute atomic E-state index is 0.0479. The molecule has 2 N–H and O–H groups in total. The van der Waals surface area contributed by atoms with Gasteiger partial charge in [0, 0.05) is 25.8 Å². The molecule has 2 amide bonds. The summed E-state index contributed by atoms with van der Waals surface area (Å²) >= 11 is 0. The van der Waals surface area contributed by atoms with Crippen LogP contribution in [0, 0.1) is 6.92 Å². The largest absolute Gasteiger partial charge is 0.495 e. The standard InChI is InChI=1S/C26H34N4O3/c1-18-7-10-24(33-3)21(15-18)28-26(32)25(31)27-17-23(30-12-5-4-6-13-30)19-8-9-22-20(16-19)11-14-29(22)2/h7-10,15-16,23H,4-6,11-14,17H2,1-3H3,(H,27,31)(H,28,32)/t23-/m0/s1. The van der Waals surface area contributed by atoms with Crippen LogP contribution in [0.15, 0.2) is 36.4 Å². The van der Waals surface area contributed by atoms with Gasteiger partial charge in [-0.15, -0.1) is 0 Å². The Balaban J connectivity index is 1.46. The molecule has 2 aliphatic heterocycles. The minimum Gasteiger partial charge on any atom is -0.495 e. The summed E-state index contributed by atoms with van der Waals surface area (Å²) in [6.45, 7) is 5.36. The first-order valence-corrected chi connectivity index (χ1v) is 11.8. The van der Waals surface area contributed by atoms with Crippen molar-refractivity contribution in [3.05, 3.63) is 53.1 Å². The summed E-state index contributed by atoms with van der Waals surface area (Å²) in [5.74, 6) is -0.801. The molecular formula is C26H34N4O3. The number of aryl methyl sites for hydroxylation is 1. The van der Waals surface area contributed by atoms with Gasteiger partial charge in [0.25, 0.3) is 0 Å². The molecule has 7 heteroatoms. The lowest BCUT2D eigenvalue weighted by molar-refractivity contribution is -0.136. The number of fused-ring (bicyclic) bond motifs is 1. The Hall–Kier alpha value is -3.06. The van der Waals surface area contributed by atoms with Gasteiger partial charge in [-0.25, -0.2) is 0 Å². The molecule has 0 aromatic heterocycles. The van der Waals surface area contributed by atoms with Gasteiger partial charge < -0.3 is 20.3 Å². The number of hydrogen-bond donors (Lipinski definition) is 2. The van der Waals surface area contributed by atoms with Crippen LogP contribution in [-0.2, 0) is 16.0 Å². The quantitative estimate of drug-likeness (QED) is 0.661. The number of nitrogens with zero attached hydrogens (tertiary/aromatic N) is 2. The van der Waals surface area contributed by atoms with Crippen LogP contribution in [0.25, 0.3) is 0 Å². The zero-order valence-corrected chi connectivity index (χ0v) is 19.8. The van der Waals surface area contributed by atoms with Gasteiger partial charge in [0.05, 0.1) is 18.8 Å². The van der Waals surface area contributed by atoms with E-state index in [1.807, 2.05) is 13.0 Å². The van der Waals surface area contributed by atoms with Crippen LogP contribution < -0.4 is 20.3 Å². The lowest BCUT2D eigenvalue weighted by atomic mass is 9.98. The van der Waals surface area contributed by atoms with Crippen molar-refractivity contribution in [1.29, 1.82) is 0 Å². The zero-order chi connectivity index (χ0) is 23.4. The number of piperidine rings is 1. The third-order valence-electron chi connectivity index (χ3n) is 6.71. The summed E-state index contributed by atoms with van der Waals surface area (Å²) in [4.78, 5) is 30.0. The fraction of sp³-hybridized carbons (Fsp3) is 0.462. The fourth-order valence-electron chi connectivity index (χ4n) is 4.85. The summed E-state index contributed by atoms with van der Waals surface area (Å²) in [6.07, 6.45) is 4.60. The highest BCUT2D eigenvalue weighted by Crippen LogP contribution is 2.32. The lowest BCUT2D eigenvalue weighted by Crippen LogP contribution is -2.43. The van der Waals surface area contributed by atoms with E-state index in [4.69, 9.17) is 4.74 Å². The number of benzene rings is 2. The number of ether oxygens (including phenoxy) is 1. The van der Waals surface area contributed by atoms with Crippen LogP contribution in [-0.4, -0.2) is 57.1 Å². The SMILES string of the molecule is COc1ccc(C)cc1NC(=O)C(=O)NC[C@@H](c1ccc2c(c1)CCN2C)N1CCCCC1. The minimum atomic E-state index is -0.688. The number of nitrogens with one attached hydrogen (secondary N) is 2. The van der Waals surface area contributed by atoms with Crippen LogP contribution in [0.5, 0.6) is 5.75 Å². The van der Waals surface area contributed by atoms with Crippen molar-refractivity contribution in [2.45, 2.75) is 38.6 Å². The van der Waals surface area contributed by atoms with Crippen molar-refractivity contribution >= 4 is 23.2 Å². The zero-order valence-electron chi connectivity index (χ0n) is 19.8. The number of amides is 2. The monoisotopic (exact) mass is 450 g/mol. The van der Waals surface area contributed by atoms with Crippen molar-refractivity contribution in [3.63, 3.8) is 0 Å². The van der Waals surface area contributed by atoms with E-state index in [1.165, 1.54) is 30.3 Å². The third kappa shape index (κ3) is 5.30. The molecule has 0 spiro atoms. The first-order chi connectivity index (χ1) is 16.0.